The molecule has 4 nitrogen and oxygen atoms in total. The molecule has 3 saturated heterocycles. The van der Waals surface area contributed by atoms with Gasteiger partial charge >= 0.3 is 0 Å². The Morgan fingerprint density at radius 3 is 2.62 bits per heavy atom. The average Bonchev–Trinajstić information content (AvgIpc) is 2.67. The Balaban J connectivity index is 1.58. The maximum atomic E-state index is 14.3. The van der Waals surface area contributed by atoms with Crippen molar-refractivity contribution in [3.63, 3.8) is 0 Å². The first kappa shape index (κ1) is 17.7. The van der Waals surface area contributed by atoms with Gasteiger partial charge in [-0.05, 0) is 56.2 Å². The second kappa shape index (κ2) is 6.79. The number of hydrogen-bond donors (Lipinski definition) is 0. The van der Waals surface area contributed by atoms with E-state index in [0.29, 0.717) is 44.5 Å². The van der Waals surface area contributed by atoms with Crippen LogP contribution >= 0.6 is 0 Å². The number of rotatable bonds is 4. The lowest BCUT2D eigenvalue weighted by molar-refractivity contribution is -0.188. The Morgan fingerprint density at radius 2 is 2.00 bits per heavy atom. The molecule has 1 aromatic rings. The van der Waals surface area contributed by atoms with Crippen molar-refractivity contribution < 1.29 is 23.0 Å². The molecular weight excluding hydrogens is 340 g/mol. The number of nitriles is 1. The number of benzene rings is 1. The average molecular weight is 363 g/mol. The Bertz CT molecular complexity index is 700. The summed E-state index contributed by atoms with van der Waals surface area (Å²) in [5.41, 5.74) is -0.0748. The lowest BCUT2D eigenvalue weighted by Gasteiger charge is -2.52. The van der Waals surface area contributed by atoms with Gasteiger partial charge in [-0.3, -0.25) is 0 Å². The van der Waals surface area contributed by atoms with Crippen LogP contribution in [0.4, 0.5) is 8.78 Å². The number of nitrogens with zero attached hydrogens (tertiary/aromatic N) is 1. The Labute approximate surface area is 152 Å². The molecule has 0 aromatic heterocycles. The van der Waals surface area contributed by atoms with Crippen molar-refractivity contribution in [3.05, 3.63) is 29.3 Å². The second-order valence-corrected chi connectivity index (χ2v) is 7.80. The first-order valence-corrected chi connectivity index (χ1v) is 9.35. The number of halogens is 2. The summed E-state index contributed by atoms with van der Waals surface area (Å²) in [7, 11) is 0. The molecule has 1 aliphatic carbocycles. The quantitative estimate of drug-likeness (QED) is 0.786. The lowest BCUT2D eigenvalue weighted by Crippen LogP contribution is -2.49. The minimum Gasteiger partial charge on any atom is -0.462 e. The normalized spacial score (nSPS) is 33.7. The van der Waals surface area contributed by atoms with E-state index in [1.165, 1.54) is 6.07 Å². The molecule has 1 saturated carbocycles. The molecule has 0 amide bonds. The molecule has 0 radical (unpaired) electrons. The van der Waals surface area contributed by atoms with Crippen molar-refractivity contribution in [1.29, 1.82) is 5.26 Å². The summed E-state index contributed by atoms with van der Waals surface area (Å²) in [5, 5.41) is 9.05. The fourth-order valence-electron chi connectivity index (χ4n) is 4.39. The van der Waals surface area contributed by atoms with Gasteiger partial charge in [0.05, 0.1) is 24.9 Å². The first-order chi connectivity index (χ1) is 12.6. The summed E-state index contributed by atoms with van der Waals surface area (Å²) in [5.74, 6) is -2.01. The Kier molecular flexibility index (Phi) is 4.62. The van der Waals surface area contributed by atoms with Crippen molar-refractivity contribution in [3.8, 4) is 11.8 Å². The minimum atomic E-state index is -0.982. The summed E-state index contributed by atoms with van der Waals surface area (Å²) < 4.78 is 45.8. The Morgan fingerprint density at radius 1 is 1.19 bits per heavy atom. The van der Waals surface area contributed by atoms with E-state index < -0.39 is 23.5 Å². The third kappa shape index (κ3) is 3.08. The highest BCUT2D eigenvalue weighted by Gasteiger charge is 2.50. The fraction of sp³-hybridized carbons (Fsp3) is 0.650. The van der Waals surface area contributed by atoms with E-state index in [9.17, 15) is 8.78 Å². The Hall–Kier alpha value is -1.71. The topological polar surface area (TPSA) is 51.5 Å². The van der Waals surface area contributed by atoms with Crippen LogP contribution in [0, 0.1) is 28.4 Å². The monoisotopic (exact) mass is 363 g/mol. The van der Waals surface area contributed by atoms with Crippen LogP contribution in [0.1, 0.15) is 56.9 Å². The molecule has 140 valence electrons. The van der Waals surface area contributed by atoms with Crippen molar-refractivity contribution in [1.82, 2.24) is 0 Å². The van der Waals surface area contributed by atoms with Gasteiger partial charge in [0.2, 0.25) is 5.82 Å². The third-order valence-corrected chi connectivity index (χ3v) is 6.14. The van der Waals surface area contributed by atoms with Gasteiger partial charge in [0.1, 0.15) is 0 Å². The first-order valence-electron chi connectivity index (χ1n) is 9.35. The van der Waals surface area contributed by atoms with Crippen molar-refractivity contribution in [2.45, 2.75) is 63.3 Å². The van der Waals surface area contributed by atoms with E-state index in [1.807, 2.05) is 0 Å². The summed E-state index contributed by atoms with van der Waals surface area (Å²) in [4.78, 5) is 0. The van der Waals surface area contributed by atoms with Gasteiger partial charge in [-0.25, -0.2) is 4.39 Å². The summed E-state index contributed by atoms with van der Waals surface area (Å²) in [6, 6.07) is 5.05. The molecule has 5 rings (SSSR count). The summed E-state index contributed by atoms with van der Waals surface area (Å²) in [6.45, 7) is 1.06. The van der Waals surface area contributed by atoms with E-state index in [0.717, 1.165) is 25.7 Å². The zero-order valence-electron chi connectivity index (χ0n) is 14.7. The summed E-state index contributed by atoms with van der Waals surface area (Å²) >= 11 is 0. The molecule has 6 heteroatoms. The molecule has 26 heavy (non-hydrogen) atoms. The number of ether oxygens (including phenoxy) is 3. The molecule has 4 fully saturated rings. The smallest absolute Gasteiger partial charge is 0.200 e. The third-order valence-electron chi connectivity index (χ3n) is 6.14. The standard InChI is InChI=1S/C20H23F2NO3/c21-15-11-14(12-16(18(15)22)26-17-3-1-2-10-24-17)20-6-4-19(5-7-20,8-9-23)13-25-20/h11-12,17H,1-8,10,13H2. The molecule has 3 aliphatic heterocycles. The van der Waals surface area contributed by atoms with Crippen molar-refractivity contribution in [2.75, 3.05) is 13.2 Å². The van der Waals surface area contributed by atoms with Crippen LogP contribution in [-0.4, -0.2) is 19.5 Å². The van der Waals surface area contributed by atoms with Gasteiger partial charge in [0.15, 0.2) is 17.9 Å². The van der Waals surface area contributed by atoms with Gasteiger partial charge < -0.3 is 14.2 Å². The van der Waals surface area contributed by atoms with Gasteiger partial charge in [0, 0.05) is 18.3 Å². The minimum absolute atomic E-state index is 0.0790. The fourth-order valence-corrected chi connectivity index (χ4v) is 4.39. The van der Waals surface area contributed by atoms with Crippen LogP contribution in [0.15, 0.2) is 12.1 Å². The van der Waals surface area contributed by atoms with Gasteiger partial charge in [-0.2, -0.15) is 9.65 Å². The van der Waals surface area contributed by atoms with Gasteiger partial charge in [-0.1, -0.05) is 0 Å². The lowest BCUT2D eigenvalue weighted by atomic mass is 9.63. The number of fused-ring (bicyclic) bond motifs is 3. The van der Waals surface area contributed by atoms with Gasteiger partial charge in [0.25, 0.3) is 0 Å². The van der Waals surface area contributed by atoms with Crippen LogP contribution in [0.3, 0.4) is 0 Å². The van der Waals surface area contributed by atoms with Gasteiger partial charge in [-0.15, -0.1) is 0 Å². The molecule has 4 aliphatic rings. The molecular formula is C20H23F2NO3. The highest BCUT2D eigenvalue weighted by molar-refractivity contribution is 5.36. The largest absolute Gasteiger partial charge is 0.462 e. The maximum absolute atomic E-state index is 14.3. The highest BCUT2D eigenvalue weighted by Crippen LogP contribution is 2.55. The van der Waals surface area contributed by atoms with Crippen LogP contribution in [-0.2, 0) is 15.1 Å². The van der Waals surface area contributed by atoms with Crippen molar-refractivity contribution in [2.24, 2.45) is 5.41 Å². The zero-order chi connectivity index (χ0) is 18.2. The predicted octanol–water partition coefficient (Wildman–Crippen LogP) is 4.57. The molecule has 1 atom stereocenters. The van der Waals surface area contributed by atoms with Crippen molar-refractivity contribution >= 4 is 0 Å². The second-order valence-electron chi connectivity index (χ2n) is 7.80. The molecule has 1 aromatic carbocycles. The summed E-state index contributed by atoms with van der Waals surface area (Å²) in [6.07, 6.45) is 5.66. The SMILES string of the molecule is N#CCC12CCC(c3cc(F)c(F)c(OC4CCCCO4)c3)(CC1)OC2. The van der Waals surface area contributed by atoms with Crippen LogP contribution in [0.2, 0.25) is 0 Å². The van der Waals surface area contributed by atoms with E-state index in [2.05, 4.69) is 6.07 Å². The van der Waals surface area contributed by atoms with E-state index in [1.54, 1.807) is 6.07 Å². The zero-order valence-corrected chi connectivity index (χ0v) is 14.7. The van der Waals surface area contributed by atoms with Crippen LogP contribution in [0.5, 0.6) is 5.75 Å². The molecule has 1 unspecified atom stereocenters. The van der Waals surface area contributed by atoms with Crippen LogP contribution in [0.25, 0.3) is 0 Å². The van der Waals surface area contributed by atoms with E-state index in [-0.39, 0.29) is 11.2 Å². The van der Waals surface area contributed by atoms with E-state index in [4.69, 9.17) is 19.5 Å². The predicted molar refractivity (Wildman–Crippen MR) is 89.3 cm³/mol. The highest BCUT2D eigenvalue weighted by atomic mass is 19.2. The van der Waals surface area contributed by atoms with Crippen LogP contribution < -0.4 is 4.74 Å². The maximum Gasteiger partial charge on any atom is 0.200 e. The van der Waals surface area contributed by atoms with E-state index >= 15 is 0 Å². The number of hydrogen-bond acceptors (Lipinski definition) is 4. The molecule has 2 bridgehead atoms. The molecule has 3 heterocycles. The molecule has 0 spiro atoms. The molecule has 0 N–H and O–H groups in total.